The van der Waals surface area contributed by atoms with Crippen molar-refractivity contribution in [2.75, 3.05) is 0 Å². The molecule has 0 atom stereocenters. The van der Waals surface area contributed by atoms with Crippen LogP contribution in [-0.4, -0.2) is 17.3 Å². The highest BCUT2D eigenvalue weighted by molar-refractivity contribution is 6.32. The van der Waals surface area contributed by atoms with E-state index in [1.54, 1.807) is 12.1 Å². The molecule has 0 amide bonds. The second kappa shape index (κ2) is 6.10. The Morgan fingerprint density at radius 2 is 2.27 bits per heavy atom. The summed E-state index contributed by atoms with van der Waals surface area (Å²) < 4.78 is 0. The molecule has 0 fully saturated rings. The maximum absolute atomic E-state index is 9.11. The molecular weight excluding hydrogens is 239 g/mol. The molecule has 1 rings (SSSR count). The number of hydrogen-bond acceptors (Lipinski definition) is 3. The van der Waals surface area contributed by atoms with Crippen LogP contribution in [0.4, 0.5) is 0 Å². The van der Waals surface area contributed by atoms with Crippen LogP contribution in [-0.2, 0) is 0 Å². The second-order valence-electron chi connectivity index (χ2n) is 2.49. The Bertz CT molecular complexity index is 381. The van der Waals surface area contributed by atoms with E-state index in [9.17, 15) is 0 Å². The highest BCUT2D eigenvalue weighted by Gasteiger charge is 1.97. The van der Waals surface area contributed by atoms with E-state index in [0.717, 1.165) is 0 Å². The number of nitrogens with two attached hydrogens (primary N) is 1. The molecule has 0 saturated carbocycles. The Kier molecular flexibility index (Phi) is 5.51. The SMILES string of the molecule is Cl.N=C(N)NN=Cc1ccc(O)c(Cl)c1. The molecule has 82 valence electrons. The molecule has 0 heterocycles. The van der Waals surface area contributed by atoms with Crippen LogP contribution in [0.25, 0.3) is 0 Å². The van der Waals surface area contributed by atoms with Crippen LogP contribution in [0.5, 0.6) is 5.75 Å². The first-order chi connectivity index (χ1) is 6.59. The number of nitrogens with one attached hydrogen (secondary N) is 2. The first-order valence-electron chi connectivity index (χ1n) is 3.71. The molecule has 0 aromatic heterocycles. The van der Waals surface area contributed by atoms with Gasteiger partial charge in [0.1, 0.15) is 5.75 Å². The van der Waals surface area contributed by atoms with Crippen LogP contribution < -0.4 is 11.2 Å². The molecule has 0 spiro atoms. The van der Waals surface area contributed by atoms with Gasteiger partial charge in [-0.1, -0.05) is 11.6 Å². The lowest BCUT2D eigenvalue weighted by Gasteiger charge is -1.98. The van der Waals surface area contributed by atoms with Crippen molar-refractivity contribution in [3.8, 4) is 5.75 Å². The first kappa shape index (κ1) is 13.5. The van der Waals surface area contributed by atoms with Crippen LogP contribution >= 0.6 is 24.0 Å². The Hall–Kier alpha value is -1.46. The second-order valence-corrected chi connectivity index (χ2v) is 2.90. The summed E-state index contributed by atoms with van der Waals surface area (Å²) in [6, 6.07) is 4.63. The zero-order chi connectivity index (χ0) is 10.6. The van der Waals surface area contributed by atoms with Crippen LogP contribution in [0.1, 0.15) is 5.56 Å². The number of halogens is 2. The smallest absolute Gasteiger partial charge is 0.206 e. The van der Waals surface area contributed by atoms with Crippen LogP contribution in [0.2, 0.25) is 5.02 Å². The first-order valence-corrected chi connectivity index (χ1v) is 4.09. The number of hydrogen-bond donors (Lipinski definition) is 4. The van der Waals surface area contributed by atoms with Crippen molar-refractivity contribution in [1.29, 1.82) is 5.41 Å². The van der Waals surface area contributed by atoms with Gasteiger partial charge in [0.15, 0.2) is 0 Å². The molecule has 1 aromatic carbocycles. The van der Waals surface area contributed by atoms with Crippen LogP contribution in [0, 0.1) is 5.41 Å². The fourth-order valence-corrected chi connectivity index (χ4v) is 0.969. The molecule has 0 aliphatic rings. The number of guanidine groups is 1. The van der Waals surface area contributed by atoms with Gasteiger partial charge in [-0.05, 0) is 23.8 Å². The largest absolute Gasteiger partial charge is 0.506 e. The molecule has 0 aliphatic carbocycles. The van der Waals surface area contributed by atoms with Crippen molar-refractivity contribution in [1.82, 2.24) is 5.43 Å². The molecule has 5 N–H and O–H groups in total. The fourth-order valence-electron chi connectivity index (χ4n) is 0.780. The van der Waals surface area contributed by atoms with Crippen molar-refractivity contribution in [3.05, 3.63) is 28.8 Å². The number of aromatic hydroxyl groups is 1. The van der Waals surface area contributed by atoms with E-state index in [2.05, 4.69) is 10.5 Å². The average molecular weight is 249 g/mol. The Balaban J connectivity index is 0.00000196. The quantitative estimate of drug-likeness (QED) is 0.361. The van der Waals surface area contributed by atoms with E-state index in [-0.39, 0.29) is 29.1 Å². The van der Waals surface area contributed by atoms with Gasteiger partial charge < -0.3 is 10.8 Å². The van der Waals surface area contributed by atoms with Gasteiger partial charge in [-0.15, -0.1) is 12.4 Å². The summed E-state index contributed by atoms with van der Waals surface area (Å²) in [5.74, 6) is -0.227. The van der Waals surface area contributed by atoms with Gasteiger partial charge >= 0.3 is 0 Å². The zero-order valence-electron chi connectivity index (χ0n) is 7.57. The topological polar surface area (TPSA) is 94.5 Å². The predicted molar refractivity (Wildman–Crippen MR) is 63.0 cm³/mol. The summed E-state index contributed by atoms with van der Waals surface area (Å²) in [6.07, 6.45) is 1.44. The zero-order valence-corrected chi connectivity index (χ0v) is 9.14. The molecule has 7 heteroatoms. The molecule has 15 heavy (non-hydrogen) atoms. The Morgan fingerprint density at radius 3 is 2.80 bits per heavy atom. The third kappa shape index (κ3) is 4.53. The minimum atomic E-state index is -0.244. The molecule has 0 radical (unpaired) electrons. The maximum Gasteiger partial charge on any atom is 0.206 e. The van der Waals surface area contributed by atoms with Gasteiger partial charge in [0.05, 0.1) is 11.2 Å². The third-order valence-electron chi connectivity index (χ3n) is 1.37. The molecule has 0 bridgehead atoms. The van der Waals surface area contributed by atoms with E-state index in [4.69, 9.17) is 27.9 Å². The van der Waals surface area contributed by atoms with Crippen LogP contribution in [0.3, 0.4) is 0 Å². The lowest BCUT2D eigenvalue weighted by Crippen LogP contribution is -2.25. The van der Waals surface area contributed by atoms with Gasteiger partial charge in [-0.2, -0.15) is 5.10 Å². The fraction of sp³-hybridized carbons (Fsp3) is 0. The summed E-state index contributed by atoms with van der Waals surface area (Å²) >= 11 is 5.66. The summed E-state index contributed by atoms with van der Waals surface area (Å²) in [5.41, 5.74) is 7.95. The molecule has 0 saturated heterocycles. The van der Waals surface area contributed by atoms with E-state index >= 15 is 0 Å². The number of hydrazone groups is 1. The summed E-state index contributed by atoms with van der Waals surface area (Å²) in [4.78, 5) is 0. The Morgan fingerprint density at radius 1 is 1.60 bits per heavy atom. The van der Waals surface area contributed by atoms with Crippen molar-refractivity contribution in [2.45, 2.75) is 0 Å². The monoisotopic (exact) mass is 248 g/mol. The number of benzene rings is 1. The molecular formula is C8H10Cl2N4O. The normalized spacial score (nSPS) is 9.67. The summed E-state index contributed by atoms with van der Waals surface area (Å²) in [6.45, 7) is 0. The molecule has 0 aliphatic heterocycles. The standard InChI is InChI=1S/C8H9ClN4O.ClH/c9-6-3-5(1-2-7(6)14)4-12-13-8(10)11;/h1-4,14H,(H4,10,11,13);1H. The highest BCUT2D eigenvalue weighted by atomic mass is 35.5. The van der Waals surface area contributed by atoms with Crippen molar-refractivity contribution in [3.63, 3.8) is 0 Å². The van der Waals surface area contributed by atoms with Gasteiger partial charge in [-0.25, -0.2) is 5.43 Å². The van der Waals surface area contributed by atoms with Gasteiger partial charge in [-0.3, -0.25) is 5.41 Å². The highest BCUT2D eigenvalue weighted by Crippen LogP contribution is 2.22. The minimum Gasteiger partial charge on any atom is -0.506 e. The maximum atomic E-state index is 9.11. The van der Waals surface area contributed by atoms with Crippen molar-refractivity contribution < 1.29 is 5.11 Å². The third-order valence-corrected chi connectivity index (χ3v) is 1.67. The van der Waals surface area contributed by atoms with E-state index in [0.29, 0.717) is 5.56 Å². The number of phenols is 1. The molecule has 0 unspecified atom stereocenters. The molecule has 1 aromatic rings. The van der Waals surface area contributed by atoms with Gasteiger partial charge in [0, 0.05) is 0 Å². The average Bonchev–Trinajstić information content (AvgIpc) is 2.10. The lowest BCUT2D eigenvalue weighted by molar-refractivity contribution is 0.475. The summed E-state index contributed by atoms with van der Waals surface area (Å²) in [5, 5.41) is 19.8. The number of nitrogens with zero attached hydrogens (tertiary/aromatic N) is 1. The van der Waals surface area contributed by atoms with E-state index in [1.807, 2.05) is 0 Å². The van der Waals surface area contributed by atoms with Crippen molar-refractivity contribution in [2.24, 2.45) is 10.8 Å². The number of phenolic OH excluding ortho intramolecular Hbond substituents is 1. The number of rotatable bonds is 2. The van der Waals surface area contributed by atoms with Gasteiger partial charge in [0.2, 0.25) is 5.96 Å². The molecule has 5 nitrogen and oxygen atoms in total. The predicted octanol–water partition coefficient (Wildman–Crippen LogP) is 1.28. The van der Waals surface area contributed by atoms with Gasteiger partial charge in [0.25, 0.3) is 0 Å². The van der Waals surface area contributed by atoms with E-state index < -0.39 is 0 Å². The minimum absolute atomic E-state index is 0. The Labute approximate surface area is 97.9 Å². The van der Waals surface area contributed by atoms with Crippen LogP contribution in [0.15, 0.2) is 23.3 Å². The summed E-state index contributed by atoms with van der Waals surface area (Å²) in [7, 11) is 0. The van der Waals surface area contributed by atoms with Crippen molar-refractivity contribution >= 4 is 36.2 Å². The van der Waals surface area contributed by atoms with E-state index in [1.165, 1.54) is 12.3 Å². The lowest BCUT2D eigenvalue weighted by atomic mass is 10.2.